The molecule has 20 heavy (non-hydrogen) atoms. The monoisotopic (exact) mass is 332 g/mol. The summed E-state index contributed by atoms with van der Waals surface area (Å²) in [6, 6.07) is 11.5. The summed E-state index contributed by atoms with van der Waals surface area (Å²) in [4.78, 5) is 12.2. The quantitative estimate of drug-likeness (QED) is 0.844. The number of carbonyl (C=O) groups is 1. The van der Waals surface area contributed by atoms with Crippen molar-refractivity contribution in [2.75, 3.05) is 5.73 Å². The molecule has 0 bridgehead atoms. The van der Waals surface area contributed by atoms with E-state index in [1.807, 2.05) is 44.2 Å². The van der Waals surface area contributed by atoms with Gasteiger partial charge in [0.15, 0.2) is 0 Å². The minimum Gasteiger partial charge on any atom is -0.398 e. The van der Waals surface area contributed by atoms with Crippen molar-refractivity contribution in [2.24, 2.45) is 0 Å². The number of benzene rings is 2. The maximum atomic E-state index is 12.2. The summed E-state index contributed by atoms with van der Waals surface area (Å²) in [5.74, 6) is -0.0999. The van der Waals surface area contributed by atoms with Gasteiger partial charge in [-0.25, -0.2) is 0 Å². The minimum atomic E-state index is -0.0999. The van der Waals surface area contributed by atoms with Crippen LogP contribution in [-0.2, 0) is 6.54 Å². The molecule has 2 aromatic rings. The van der Waals surface area contributed by atoms with E-state index in [0.29, 0.717) is 17.8 Å². The van der Waals surface area contributed by atoms with Crippen LogP contribution >= 0.6 is 15.9 Å². The standard InChI is InChI=1S/C16H17BrN2O/c1-10-7-11(2)15(18)8-14(10)16(20)19-9-12-3-5-13(17)6-4-12/h3-8H,9,18H2,1-2H3,(H,19,20). The van der Waals surface area contributed by atoms with Crippen molar-refractivity contribution in [3.63, 3.8) is 0 Å². The van der Waals surface area contributed by atoms with Crippen LogP contribution in [0.5, 0.6) is 0 Å². The Balaban J connectivity index is 2.09. The summed E-state index contributed by atoms with van der Waals surface area (Å²) in [5, 5.41) is 2.91. The summed E-state index contributed by atoms with van der Waals surface area (Å²) < 4.78 is 1.02. The fourth-order valence-corrected chi connectivity index (χ4v) is 2.26. The molecule has 1 amide bonds. The Morgan fingerprint density at radius 3 is 2.45 bits per heavy atom. The molecule has 0 atom stereocenters. The molecule has 0 radical (unpaired) electrons. The van der Waals surface area contributed by atoms with E-state index in [4.69, 9.17) is 5.73 Å². The third-order valence-corrected chi connectivity index (χ3v) is 3.75. The summed E-state index contributed by atoms with van der Waals surface area (Å²) in [7, 11) is 0. The second kappa shape index (κ2) is 6.09. The van der Waals surface area contributed by atoms with E-state index in [2.05, 4.69) is 21.2 Å². The van der Waals surface area contributed by atoms with E-state index >= 15 is 0 Å². The molecule has 0 unspecified atom stereocenters. The Bertz CT molecular complexity index is 636. The van der Waals surface area contributed by atoms with E-state index in [1.165, 1.54) is 0 Å². The molecule has 104 valence electrons. The number of anilines is 1. The highest BCUT2D eigenvalue weighted by Crippen LogP contribution is 2.18. The van der Waals surface area contributed by atoms with Crippen LogP contribution in [0.1, 0.15) is 27.0 Å². The van der Waals surface area contributed by atoms with Crippen molar-refractivity contribution in [2.45, 2.75) is 20.4 Å². The number of carbonyl (C=O) groups excluding carboxylic acids is 1. The molecule has 0 fully saturated rings. The topological polar surface area (TPSA) is 55.1 Å². The van der Waals surface area contributed by atoms with Gasteiger partial charge in [0.05, 0.1) is 0 Å². The number of nitrogens with two attached hydrogens (primary N) is 1. The van der Waals surface area contributed by atoms with E-state index in [0.717, 1.165) is 21.2 Å². The van der Waals surface area contributed by atoms with Crippen molar-refractivity contribution < 1.29 is 4.79 Å². The van der Waals surface area contributed by atoms with Gasteiger partial charge in [0.2, 0.25) is 0 Å². The number of rotatable bonds is 3. The van der Waals surface area contributed by atoms with Gasteiger partial charge in [-0.2, -0.15) is 0 Å². The van der Waals surface area contributed by atoms with Crippen LogP contribution in [0.2, 0.25) is 0 Å². The van der Waals surface area contributed by atoms with E-state index in [1.54, 1.807) is 6.07 Å². The second-order valence-electron chi connectivity index (χ2n) is 4.83. The van der Waals surface area contributed by atoms with Crippen molar-refractivity contribution in [1.82, 2.24) is 5.32 Å². The molecule has 2 aromatic carbocycles. The highest BCUT2D eigenvalue weighted by molar-refractivity contribution is 9.10. The first-order valence-electron chi connectivity index (χ1n) is 6.36. The van der Waals surface area contributed by atoms with E-state index in [-0.39, 0.29) is 5.91 Å². The second-order valence-corrected chi connectivity index (χ2v) is 5.75. The van der Waals surface area contributed by atoms with Gasteiger partial charge in [-0.3, -0.25) is 4.79 Å². The van der Waals surface area contributed by atoms with E-state index in [9.17, 15) is 4.79 Å². The summed E-state index contributed by atoms with van der Waals surface area (Å²) >= 11 is 3.39. The third-order valence-electron chi connectivity index (χ3n) is 3.22. The third kappa shape index (κ3) is 3.39. The maximum absolute atomic E-state index is 12.2. The normalized spacial score (nSPS) is 10.3. The Morgan fingerprint density at radius 1 is 1.15 bits per heavy atom. The van der Waals surface area contributed by atoms with Gasteiger partial charge in [0, 0.05) is 22.3 Å². The molecular formula is C16H17BrN2O. The lowest BCUT2D eigenvalue weighted by Gasteiger charge is -2.10. The molecular weight excluding hydrogens is 316 g/mol. The molecule has 3 nitrogen and oxygen atoms in total. The van der Waals surface area contributed by atoms with Gasteiger partial charge < -0.3 is 11.1 Å². The smallest absolute Gasteiger partial charge is 0.251 e. The number of nitrogen functional groups attached to an aromatic ring is 1. The van der Waals surface area contributed by atoms with Gasteiger partial charge in [-0.1, -0.05) is 34.1 Å². The zero-order chi connectivity index (χ0) is 14.7. The van der Waals surface area contributed by atoms with Crippen molar-refractivity contribution in [1.29, 1.82) is 0 Å². The fourth-order valence-electron chi connectivity index (χ4n) is 1.99. The van der Waals surface area contributed by atoms with Crippen LogP contribution in [0.25, 0.3) is 0 Å². The number of hydrogen-bond donors (Lipinski definition) is 2. The highest BCUT2D eigenvalue weighted by atomic mass is 79.9. The van der Waals surface area contributed by atoms with Gasteiger partial charge >= 0.3 is 0 Å². The fraction of sp³-hybridized carbons (Fsp3) is 0.188. The Labute approximate surface area is 127 Å². The number of amides is 1. The van der Waals surface area contributed by atoms with Crippen LogP contribution in [0.15, 0.2) is 40.9 Å². The average Bonchev–Trinajstić information content (AvgIpc) is 2.42. The number of aryl methyl sites for hydroxylation is 2. The summed E-state index contributed by atoms with van der Waals surface area (Å²) in [6.07, 6.45) is 0. The molecule has 3 N–H and O–H groups in total. The molecule has 0 aromatic heterocycles. The molecule has 0 aliphatic carbocycles. The van der Waals surface area contributed by atoms with E-state index < -0.39 is 0 Å². The summed E-state index contributed by atoms with van der Waals surface area (Å²) in [6.45, 7) is 4.35. The highest BCUT2D eigenvalue weighted by Gasteiger charge is 2.10. The molecule has 0 spiro atoms. The molecule has 2 rings (SSSR count). The lowest BCUT2D eigenvalue weighted by atomic mass is 10.0. The Kier molecular flexibility index (Phi) is 4.45. The largest absolute Gasteiger partial charge is 0.398 e. The lowest BCUT2D eigenvalue weighted by Crippen LogP contribution is -2.23. The number of halogens is 1. The SMILES string of the molecule is Cc1cc(C)c(C(=O)NCc2ccc(Br)cc2)cc1N. The summed E-state index contributed by atoms with van der Waals surface area (Å²) in [5.41, 5.74) is 10.1. The van der Waals surface area contributed by atoms with Crippen molar-refractivity contribution in [3.05, 3.63) is 63.1 Å². The van der Waals surface area contributed by atoms with Crippen LogP contribution < -0.4 is 11.1 Å². The van der Waals surface area contributed by atoms with Crippen molar-refractivity contribution in [3.8, 4) is 0 Å². The number of nitrogens with one attached hydrogen (secondary N) is 1. The van der Waals surface area contributed by atoms with Crippen LogP contribution in [-0.4, -0.2) is 5.91 Å². The Morgan fingerprint density at radius 2 is 1.80 bits per heavy atom. The molecule has 0 saturated heterocycles. The Hall–Kier alpha value is -1.81. The predicted octanol–water partition coefficient (Wildman–Crippen LogP) is 3.58. The molecule has 0 aliphatic heterocycles. The first-order valence-corrected chi connectivity index (χ1v) is 7.16. The molecule has 0 aliphatic rings. The first kappa shape index (κ1) is 14.6. The minimum absolute atomic E-state index is 0.0999. The van der Waals surface area contributed by atoms with Gasteiger partial charge in [0.1, 0.15) is 0 Å². The van der Waals surface area contributed by atoms with Crippen LogP contribution in [0, 0.1) is 13.8 Å². The van der Waals surface area contributed by atoms with Crippen LogP contribution in [0.3, 0.4) is 0 Å². The zero-order valence-electron chi connectivity index (χ0n) is 11.5. The first-order chi connectivity index (χ1) is 9.47. The van der Waals surface area contributed by atoms with Gasteiger partial charge in [-0.15, -0.1) is 0 Å². The van der Waals surface area contributed by atoms with Gasteiger partial charge in [-0.05, 0) is 48.7 Å². The average molecular weight is 333 g/mol. The molecule has 0 heterocycles. The van der Waals surface area contributed by atoms with Crippen molar-refractivity contribution >= 4 is 27.5 Å². The van der Waals surface area contributed by atoms with Gasteiger partial charge in [0.25, 0.3) is 5.91 Å². The molecule has 4 heteroatoms. The lowest BCUT2D eigenvalue weighted by molar-refractivity contribution is 0.0950. The predicted molar refractivity (Wildman–Crippen MR) is 85.6 cm³/mol. The molecule has 0 saturated carbocycles. The number of hydrogen-bond acceptors (Lipinski definition) is 2. The zero-order valence-corrected chi connectivity index (χ0v) is 13.1. The van der Waals surface area contributed by atoms with Crippen LogP contribution in [0.4, 0.5) is 5.69 Å². The maximum Gasteiger partial charge on any atom is 0.251 e.